The quantitative estimate of drug-likeness (QED) is 0.197. The molecule has 9 nitrogen and oxygen atoms in total. The molecule has 0 spiro atoms. The number of benzene rings is 2. The number of hydrogen-bond acceptors (Lipinski definition) is 9. The summed E-state index contributed by atoms with van der Waals surface area (Å²) in [6.45, 7) is 7.11. The summed E-state index contributed by atoms with van der Waals surface area (Å²) < 4.78 is 0. The van der Waals surface area contributed by atoms with Crippen LogP contribution in [0.2, 0.25) is 0 Å². The number of ketones is 1. The number of Topliss-reactive ketones (excluding diaryl/α,β-unsaturated/α-hetero) is 1. The van der Waals surface area contributed by atoms with Crippen LogP contribution in [-0.2, 0) is 0 Å². The minimum absolute atomic E-state index is 0.0703. The van der Waals surface area contributed by atoms with Gasteiger partial charge in [0.15, 0.2) is 0 Å². The van der Waals surface area contributed by atoms with Gasteiger partial charge >= 0.3 is 0 Å². The fourth-order valence-electron chi connectivity index (χ4n) is 2.62. The number of aliphatic hydroxyl groups excluding tert-OH is 1. The average Bonchev–Trinajstić information content (AvgIpc) is 2.88. The van der Waals surface area contributed by atoms with Crippen LogP contribution < -0.4 is 22.1 Å². The van der Waals surface area contributed by atoms with E-state index in [1.807, 2.05) is 38.1 Å². The molecule has 1 heterocycles. The van der Waals surface area contributed by atoms with Crippen molar-refractivity contribution in [2.45, 2.75) is 13.8 Å². The first-order valence-corrected chi connectivity index (χ1v) is 10.8. The van der Waals surface area contributed by atoms with Crippen molar-refractivity contribution in [2.24, 2.45) is 11.5 Å². The van der Waals surface area contributed by atoms with Crippen LogP contribution in [-0.4, -0.2) is 27.9 Å². The first kappa shape index (κ1) is 28.9. The summed E-state index contributed by atoms with van der Waals surface area (Å²) in [6, 6.07) is 15.8. The lowest BCUT2D eigenvalue weighted by Crippen LogP contribution is -2.05. The van der Waals surface area contributed by atoms with E-state index < -0.39 is 5.78 Å². The van der Waals surface area contributed by atoms with Crippen molar-refractivity contribution >= 4 is 22.9 Å². The molecule has 0 bridgehead atoms. The van der Waals surface area contributed by atoms with Gasteiger partial charge in [-0.05, 0) is 43.7 Å². The van der Waals surface area contributed by atoms with Crippen molar-refractivity contribution in [3.63, 3.8) is 0 Å². The SMILES string of the molecule is C=C(O)c1ccc(N/C=C\N)cc1.CN/C=C(\N)c1cncc(C)n1.Cc1ccccc1C(=O)C#N. The number of aryl methyl sites for hydroxylation is 2. The summed E-state index contributed by atoms with van der Waals surface area (Å²) in [4.78, 5) is 19.0. The van der Waals surface area contributed by atoms with Gasteiger partial charge in [0.2, 0.25) is 0 Å². The molecule has 36 heavy (non-hydrogen) atoms. The number of anilines is 1. The number of nitrogens with zero attached hydrogens (tertiary/aromatic N) is 3. The molecule has 3 rings (SSSR count). The highest BCUT2D eigenvalue weighted by Crippen LogP contribution is 2.13. The van der Waals surface area contributed by atoms with E-state index in [1.165, 1.54) is 6.20 Å². The molecule has 7 N–H and O–H groups in total. The number of aliphatic hydroxyl groups is 1. The Hall–Kier alpha value is -5.10. The molecule has 0 atom stereocenters. The number of nitrogens with one attached hydrogen (secondary N) is 2. The molecule has 0 radical (unpaired) electrons. The molecule has 9 heteroatoms. The summed E-state index contributed by atoms with van der Waals surface area (Å²) in [5, 5.41) is 23.1. The average molecular weight is 486 g/mol. The van der Waals surface area contributed by atoms with Gasteiger partial charge in [-0.2, -0.15) is 5.26 Å². The van der Waals surface area contributed by atoms with Crippen LogP contribution in [0.1, 0.15) is 32.9 Å². The number of rotatable bonds is 6. The van der Waals surface area contributed by atoms with Gasteiger partial charge in [0.1, 0.15) is 17.5 Å². The molecule has 0 unspecified atom stereocenters. The van der Waals surface area contributed by atoms with Crippen molar-refractivity contribution in [1.82, 2.24) is 15.3 Å². The number of aromatic nitrogens is 2. The zero-order valence-electron chi connectivity index (χ0n) is 20.6. The van der Waals surface area contributed by atoms with E-state index in [4.69, 9.17) is 21.8 Å². The summed E-state index contributed by atoms with van der Waals surface area (Å²) in [5.74, 6) is -0.399. The normalized spacial score (nSPS) is 10.1. The molecular formula is C27H31N7O2. The van der Waals surface area contributed by atoms with Crippen molar-refractivity contribution in [3.8, 4) is 6.07 Å². The Labute approximate surface area is 211 Å². The minimum atomic E-state index is -0.469. The van der Waals surface area contributed by atoms with Crippen molar-refractivity contribution in [2.75, 3.05) is 12.4 Å². The van der Waals surface area contributed by atoms with Gasteiger partial charge in [-0.1, -0.05) is 30.8 Å². The molecule has 0 aliphatic carbocycles. The highest BCUT2D eigenvalue weighted by molar-refractivity contribution is 6.08. The number of hydrogen-bond donors (Lipinski definition) is 5. The van der Waals surface area contributed by atoms with E-state index in [0.29, 0.717) is 22.5 Å². The second kappa shape index (κ2) is 15.7. The lowest BCUT2D eigenvalue weighted by atomic mass is 10.1. The molecule has 0 saturated heterocycles. The Morgan fingerprint density at radius 1 is 1.14 bits per heavy atom. The Morgan fingerprint density at radius 3 is 2.33 bits per heavy atom. The summed E-state index contributed by atoms with van der Waals surface area (Å²) in [6.07, 6.45) is 8.05. The van der Waals surface area contributed by atoms with Crippen molar-refractivity contribution in [1.29, 1.82) is 5.26 Å². The maximum Gasteiger partial charge on any atom is 0.262 e. The first-order chi connectivity index (χ1) is 17.2. The second-order valence-corrected chi connectivity index (χ2v) is 7.22. The zero-order chi connectivity index (χ0) is 26.9. The maximum absolute atomic E-state index is 10.9. The minimum Gasteiger partial charge on any atom is -0.508 e. The molecule has 2 aromatic carbocycles. The maximum atomic E-state index is 10.9. The fourth-order valence-corrected chi connectivity index (χ4v) is 2.62. The van der Waals surface area contributed by atoms with E-state index in [-0.39, 0.29) is 5.76 Å². The van der Waals surface area contributed by atoms with Gasteiger partial charge in [0, 0.05) is 48.7 Å². The fraction of sp³-hybridized carbons (Fsp3) is 0.111. The first-order valence-electron chi connectivity index (χ1n) is 10.8. The van der Waals surface area contributed by atoms with Crippen LogP contribution >= 0.6 is 0 Å². The van der Waals surface area contributed by atoms with Gasteiger partial charge in [0.05, 0.1) is 17.6 Å². The predicted octanol–water partition coefficient (Wildman–Crippen LogP) is 4.02. The molecule has 3 aromatic rings. The van der Waals surface area contributed by atoms with Gasteiger partial charge in [-0.3, -0.25) is 9.78 Å². The topological polar surface area (TPSA) is 163 Å². The summed E-state index contributed by atoms with van der Waals surface area (Å²) in [7, 11) is 1.79. The van der Waals surface area contributed by atoms with Gasteiger partial charge in [0.25, 0.3) is 5.78 Å². The van der Waals surface area contributed by atoms with E-state index >= 15 is 0 Å². The number of carbonyl (C=O) groups is 1. The molecular weight excluding hydrogens is 454 g/mol. The van der Waals surface area contributed by atoms with Crippen LogP contribution in [0.3, 0.4) is 0 Å². The van der Waals surface area contributed by atoms with E-state index in [1.54, 1.807) is 62.2 Å². The van der Waals surface area contributed by atoms with E-state index in [9.17, 15) is 4.79 Å². The Morgan fingerprint density at radius 2 is 1.81 bits per heavy atom. The smallest absolute Gasteiger partial charge is 0.262 e. The Kier molecular flexibility index (Phi) is 12.6. The Balaban J connectivity index is 0.000000271. The molecule has 0 aliphatic heterocycles. The molecule has 0 fully saturated rings. The van der Waals surface area contributed by atoms with E-state index in [0.717, 1.165) is 16.9 Å². The molecule has 0 amide bonds. The van der Waals surface area contributed by atoms with Gasteiger partial charge in [-0.15, -0.1) is 0 Å². The van der Waals surface area contributed by atoms with Crippen LogP contribution in [0, 0.1) is 25.2 Å². The van der Waals surface area contributed by atoms with Crippen LogP contribution in [0.5, 0.6) is 0 Å². The number of nitrogens with two attached hydrogens (primary N) is 2. The molecule has 1 aromatic heterocycles. The lowest BCUT2D eigenvalue weighted by molar-refractivity contribution is 0.105. The summed E-state index contributed by atoms with van der Waals surface area (Å²) in [5.41, 5.74) is 15.9. The number of nitriles is 1. The van der Waals surface area contributed by atoms with E-state index in [2.05, 4.69) is 27.2 Å². The third-order valence-corrected chi connectivity index (χ3v) is 4.41. The standard InChI is InChI=1S/C10H12N2O.C9H7NO.C8H12N4/c1-8(13)9-2-4-10(5-3-9)12-7-6-11;1-7-4-2-3-5-8(7)9(11)6-10;1-6-3-11-5-8(12-6)7(9)4-10-2/h2-7,12-13H,1,11H2;2-5H,1H3;3-5,10H,9H2,1-2H3/b7-6-;;7-4-. The second-order valence-electron chi connectivity index (χ2n) is 7.22. The van der Waals surface area contributed by atoms with Crippen molar-refractivity contribution in [3.05, 3.63) is 114 Å². The van der Waals surface area contributed by atoms with Crippen molar-refractivity contribution < 1.29 is 9.90 Å². The third kappa shape index (κ3) is 10.2. The highest BCUT2D eigenvalue weighted by atomic mass is 16.3. The van der Waals surface area contributed by atoms with Crippen LogP contribution in [0.15, 0.2) is 86.1 Å². The van der Waals surface area contributed by atoms with Crippen LogP contribution in [0.25, 0.3) is 11.5 Å². The third-order valence-electron chi connectivity index (χ3n) is 4.41. The number of carbonyl (C=O) groups excluding carboxylic acids is 1. The zero-order valence-corrected chi connectivity index (χ0v) is 20.6. The van der Waals surface area contributed by atoms with Gasteiger partial charge in [-0.25, -0.2) is 4.98 Å². The summed E-state index contributed by atoms with van der Waals surface area (Å²) >= 11 is 0. The van der Waals surface area contributed by atoms with Gasteiger partial charge < -0.3 is 27.2 Å². The molecule has 0 saturated carbocycles. The van der Waals surface area contributed by atoms with Crippen LogP contribution in [0.4, 0.5) is 5.69 Å². The largest absolute Gasteiger partial charge is 0.508 e. The molecule has 0 aliphatic rings. The Bertz CT molecular complexity index is 1240. The monoisotopic (exact) mass is 485 g/mol. The molecule has 186 valence electrons. The predicted molar refractivity (Wildman–Crippen MR) is 144 cm³/mol. The lowest BCUT2D eigenvalue weighted by Gasteiger charge is -2.01. The highest BCUT2D eigenvalue weighted by Gasteiger charge is 2.05.